The highest BCUT2D eigenvalue weighted by Gasteiger charge is 2.78. The van der Waals surface area contributed by atoms with E-state index < -0.39 is 23.9 Å². The highest BCUT2D eigenvalue weighted by molar-refractivity contribution is 5.81. The number of esters is 1. The summed E-state index contributed by atoms with van der Waals surface area (Å²) in [4.78, 5) is 10.6. The van der Waals surface area contributed by atoms with E-state index in [9.17, 15) is 31.1 Å². The lowest BCUT2D eigenvalue weighted by Crippen LogP contribution is -2.64. The topological polar surface area (TPSA) is 35.5 Å². The first kappa shape index (κ1) is 17.3. The van der Waals surface area contributed by atoms with E-state index in [0.29, 0.717) is 7.11 Å². The average Bonchev–Trinajstić information content (AvgIpc) is 2.00. The number of hydrogen-bond acceptors (Lipinski definition) is 3. The summed E-state index contributed by atoms with van der Waals surface area (Å²) in [6.45, 7) is 0. The van der Waals surface area contributed by atoms with Crippen molar-refractivity contribution >= 4 is 5.97 Å². The van der Waals surface area contributed by atoms with Crippen LogP contribution in [0.25, 0.3) is 0 Å². The van der Waals surface area contributed by atoms with E-state index in [-0.39, 0.29) is 11.8 Å². The fourth-order valence-electron chi connectivity index (χ4n) is 0.851. The lowest BCUT2D eigenvalue weighted by Gasteiger charge is -2.32. The van der Waals surface area contributed by atoms with Crippen LogP contribution in [0.2, 0.25) is 0 Å². The number of carbonyl (C=O) groups excluding carboxylic acids is 1. The minimum absolute atomic E-state index is 0. The minimum Gasteiger partial charge on any atom is -0.466 e. The number of halogens is 7. The zero-order valence-corrected chi connectivity index (χ0v) is 7.90. The summed E-state index contributed by atoms with van der Waals surface area (Å²) in [5.41, 5.74) is -4.94. The maximum absolute atomic E-state index is 12.2. The van der Waals surface area contributed by atoms with E-state index in [4.69, 9.17) is 0 Å². The third-order valence-corrected chi connectivity index (χ3v) is 1.58. The van der Waals surface area contributed by atoms with Crippen molar-refractivity contribution in [2.75, 3.05) is 14.2 Å². The van der Waals surface area contributed by atoms with Crippen molar-refractivity contribution in [1.29, 1.82) is 0 Å². The fraction of sp³-hybridized carbons (Fsp3) is 0.833. The summed E-state index contributed by atoms with van der Waals surface area (Å²) in [6, 6.07) is 0. The van der Waals surface area contributed by atoms with Crippen LogP contribution in [-0.4, -0.2) is 38.1 Å². The predicted octanol–water partition coefficient (Wildman–Crippen LogP) is 1.82. The smallest absolute Gasteiger partial charge is 0.437 e. The molecule has 3 nitrogen and oxygen atoms in total. The first-order valence-corrected chi connectivity index (χ1v) is 3.31. The second kappa shape index (κ2) is 4.85. The van der Waals surface area contributed by atoms with Crippen LogP contribution in [0.15, 0.2) is 0 Å². The van der Waals surface area contributed by atoms with Gasteiger partial charge in [-0.3, -0.25) is 4.70 Å². The standard InChI is InChI=1S/C6H6F6O3.FH/c1-14-3(13)4(15-2,5(7,8)9)6(10,11)12;/h1-2H3;1H. The van der Waals surface area contributed by atoms with Crippen LogP contribution in [0.1, 0.15) is 0 Å². The molecular weight excluding hydrogens is 253 g/mol. The third-order valence-electron chi connectivity index (χ3n) is 1.58. The second-order valence-corrected chi connectivity index (χ2v) is 2.37. The Morgan fingerprint density at radius 2 is 1.25 bits per heavy atom. The molecule has 0 rings (SSSR count). The molecule has 0 aromatic carbocycles. The molecule has 0 saturated heterocycles. The normalized spacial score (nSPS) is 13.0. The monoisotopic (exact) mass is 260 g/mol. The SMILES string of the molecule is COC(=O)C(OC)(C(F)(F)F)C(F)(F)F.F. The number of alkyl halides is 6. The third kappa shape index (κ3) is 2.36. The van der Waals surface area contributed by atoms with Gasteiger partial charge in [0.05, 0.1) is 7.11 Å². The summed E-state index contributed by atoms with van der Waals surface area (Å²) < 4.78 is 79.7. The Morgan fingerprint density at radius 1 is 0.938 bits per heavy atom. The molecule has 0 saturated carbocycles. The van der Waals surface area contributed by atoms with Gasteiger partial charge < -0.3 is 9.47 Å². The number of methoxy groups -OCH3 is 2. The minimum atomic E-state index is -5.95. The predicted molar refractivity (Wildman–Crippen MR) is 36.4 cm³/mol. The summed E-state index contributed by atoms with van der Waals surface area (Å²) in [6.07, 6.45) is -11.9. The number of hydrogen-bond donors (Lipinski definition) is 0. The number of rotatable bonds is 2. The van der Waals surface area contributed by atoms with E-state index >= 15 is 0 Å². The summed E-state index contributed by atoms with van der Waals surface area (Å²) in [5, 5.41) is 0. The molecule has 0 aliphatic heterocycles. The number of carbonyl (C=O) groups is 1. The maximum atomic E-state index is 12.2. The van der Waals surface area contributed by atoms with Crippen LogP contribution >= 0.6 is 0 Å². The van der Waals surface area contributed by atoms with Gasteiger partial charge in [0.2, 0.25) is 0 Å². The van der Waals surface area contributed by atoms with Crippen molar-refractivity contribution in [3.05, 3.63) is 0 Å². The number of ether oxygens (including phenoxy) is 2. The summed E-state index contributed by atoms with van der Waals surface area (Å²) in [5.74, 6) is -2.56. The molecule has 0 amide bonds. The molecule has 0 aliphatic rings. The van der Waals surface area contributed by atoms with Crippen LogP contribution in [0.3, 0.4) is 0 Å². The zero-order valence-electron chi connectivity index (χ0n) is 7.90. The van der Waals surface area contributed by atoms with E-state index in [1.54, 1.807) is 0 Å². The van der Waals surface area contributed by atoms with Crippen molar-refractivity contribution < 1.29 is 45.3 Å². The van der Waals surface area contributed by atoms with Gasteiger partial charge in [-0.25, -0.2) is 4.79 Å². The molecule has 0 atom stereocenters. The van der Waals surface area contributed by atoms with Gasteiger partial charge in [0.15, 0.2) is 0 Å². The summed E-state index contributed by atoms with van der Waals surface area (Å²) >= 11 is 0. The first-order valence-electron chi connectivity index (χ1n) is 3.31. The van der Waals surface area contributed by atoms with Gasteiger partial charge in [-0.05, 0) is 0 Å². The molecule has 0 aliphatic carbocycles. The van der Waals surface area contributed by atoms with Gasteiger partial charge in [0.25, 0.3) is 0 Å². The van der Waals surface area contributed by atoms with Crippen LogP contribution in [-0.2, 0) is 14.3 Å². The van der Waals surface area contributed by atoms with E-state index in [1.165, 1.54) is 0 Å². The second-order valence-electron chi connectivity index (χ2n) is 2.37. The van der Waals surface area contributed by atoms with Crippen LogP contribution in [0.5, 0.6) is 0 Å². The van der Waals surface area contributed by atoms with Gasteiger partial charge in [0.1, 0.15) is 0 Å². The van der Waals surface area contributed by atoms with Gasteiger partial charge in [-0.2, -0.15) is 26.3 Å². The molecule has 0 aromatic heterocycles. The zero-order chi connectivity index (χ0) is 12.5. The van der Waals surface area contributed by atoms with Gasteiger partial charge in [0, 0.05) is 7.11 Å². The molecule has 16 heavy (non-hydrogen) atoms. The average molecular weight is 260 g/mol. The maximum Gasteiger partial charge on any atom is 0.437 e. The van der Waals surface area contributed by atoms with E-state index in [0.717, 1.165) is 0 Å². The van der Waals surface area contributed by atoms with Gasteiger partial charge in [-0.1, -0.05) is 0 Å². The van der Waals surface area contributed by atoms with Crippen molar-refractivity contribution in [2.24, 2.45) is 0 Å². The lowest BCUT2D eigenvalue weighted by molar-refractivity contribution is -0.362. The Morgan fingerprint density at radius 3 is 1.31 bits per heavy atom. The molecule has 0 bridgehead atoms. The Labute approximate surface area is 84.7 Å². The largest absolute Gasteiger partial charge is 0.466 e. The molecule has 0 unspecified atom stereocenters. The van der Waals surface area contributed by atoms with Gasteiger partial charge in [-0.15, -0.1) is 0 Å². The van der Waals surface area contributed by atoms with Crippen molar-refractivity contribution in [1.82, 2.24) is 0 Å². The van der Waals surface area contributed by atoms with Crippen molar-refractivity contribution in [2.45, 2.75) is 18.0 Å². The Hall–Kier alpha value is -1.06. The summed E-state index contributed by atoms with van der Waals surface area (Å²) in [7, 11) is 0.519. The molecule has 0 heterocycles. The molecule has 10 heteroatoms. The molecule has 0 aromatic rings. The highest BCUT2D eigenvalue weighted by Crippen LogP contribution is 2.46. The lowest BCUT2D eigenvalue weighted by atomic mass is 10.0. The fourth-order valence-corrected chi connectivity index (χ4v) is 0.851. The Bertz CT molecular complexity index is 229. The van der Waals surface area contributed by atoms with Crippen LogP contribution in [0, 0.1) is 0 Å². The highest BCUT2D eigenvalue weighted by atomic mass is 19.4. The Balaban J connectivity index is 0. The first-order chi connectivity index (χ1) is 6.54. The Kier molecular flexibility index (Phi) is 5.25. The van der Waals surface area contributed by atoms with E-state index in [1.807, 2.05) is 0 Å². The molecule has 98 valence electrons. The molecule has 0 N–H and O–H groups in total. The van der Waals surface area contributed by atoms with Crippen molar-refractivity contribution in [3.8, 4) is 0 Å². The quantitative estimate of drug-likeness (QED) is 0.561. The van der Waals surface area contributed by atoms with Crippen LogP contribution in [0.4, 0.5) is 31.0 Å². The van der Waals surface area contributed by atoms with Gasteiger partial charge >= 0.3 is 23.9 Å². The van der Waals surface area contributed by atoms with E-state index in [2.05, 4.69) is 9.47 Å². The van der Waals surface area contributed by atoms with Crippen LogP contribution < -0.4 is 0 Å². The molecular formula is C6H7F7O3. The molecule has 0 spiro atoms. The van der Waals surface area contributed by atoms with Crippen molar-refractivity contribution in [3.63, 3.8) is 0 Å². The molecule has 0 fully saturated rings. The molecule has 0 radical (unpaired) electrons.